The lowest BCUT2D eigenvalue weighted by Gasteiger charge is -2.50. The molecule has 7 unspecified atom stereocenters. The zero-order valence-electron chi connectivity index (χ0n) is 16.0. The Balaban J connectivity index is 1.45. The van der Waals surface area contributed by atoms with E-state index in [-0.39, 0.29) is 12.6 Å². The molecule has 4 rings (SSSR count). The van der Waals surface area contributed by atoms with Crippen molar-refractivity contribution in [2.45, 2.75) is 96.4 Å². The first-order valence-electron chi connectivity index (χ1n) is 10.7. The smallest absolute Gasteiger partial charge is 0.167 e. The Kier molecular flexibility index (Phi) is 5.43. The molecule has 0 aromatic rings. The zero-order chi connectivity index (χ0) is 17.4. The van der Waals surface area contributed by atoms with Crippen LogP contribution in [-0.4, -0.2) is 30.1 Å². The molecule has 0 radical (unpaired) electrons. The topological polar surface area (TPSA) is 47.9 Å². The molecule has 7 atom stereocenters. The third-order valence-corrected chi connectivity index (χ3v) is 7.41. The van der Waals surface area contributed by atoms with Crippen molar-refractivity contribution in [1.82, 2.24) is 0 Å². The van der Waals surface area contributed by atoms with Crippen LogP contribution in [0.4, 0.5) is 0 Å². The number of rotatable bonds is 3. The Hall–Kier alpha value is -0.160. The van der Waals surface area contributed by atoms with Crippen molar-refractivity contribution in [3.05, 3.63) is 0 Å². The number of ether oxygens (including phenoxy) is 3. The Morgan fingerprint density at radius 1 is 1.04 bits per heavy atom. The Morgan fingerprint density at radius 3 is 2.64 bits per heavy atom. The van der Waals surface area contributed by atoms with Gasteiger partial charge in [0.05, 0.1) is 6.61 Å². The molecule has 0 bridgehead atoms. The van der Waals surface area contributed by atoms with Gasteiger partial charge in [-0.3, -0.25) is 0 Å². The summed E-state index contributed by atoms with van der Waals surface area (Å²) in [6.45, 7) is 4.91. The largest absolute Gasteiger partial charge is 0.366 e. The van der Waals surface area contributed by atoms with Crippen molar-refractivity contribution in [1.29, 1.82) is 0 Å². The summed E-state index contributed by atoms with van der Waals surface area (Å²) in [5.74, 6) is 1.69. The minimum absolute atomic E-state index is 0.180. The molecule has 2 heterocycles. The van der Waals surface area contributed by atoms with Crippen LogP contribution in [0.3, 0.4) is 0 Å². The predicted octanol–water partition coefficient (Wildman–Crippen LogP) is 4.45. The van der Waals surface area contributed by atoms with Crippen molar-refractivity contribution >= 4 is 0 Å². The maximum Gasteiger partial charge on any atom is 0.167 e. The molecule has 0 aromatic carbocycles. The highest BCUT2D eigenvalue weighted by molar-refractivity contribution is 4.93. The second-order valence-corrected chi connectivity index (χ2v) is 9.33. The van der Waals surface area contributed by atoms with Gasteiger partial charge in [-0.05, 0) is 56.8 Å². The quantitative estimate of drug-likeness (QED) is 0.815. The van der Waals surface area contributed by atoms with E-state index in [1.54, 1.807) is 6.92 Å². The fourth-order valence-electron chi connectivity index (χ4n) is 5.92. The van der Waals surface area contributed by atoms with E-state index in [1.807, 2.05) is 0 Å². The second kappa shape index (κ2) is 7.46. The van der Waals surface area contributed by atoms with Gasteiger partial charge >= 0.3 is 0 Å². The van der Waals surface area contributed by atoms with E-state index in [0.29, 0.717) is 36.0 Å². The zero-order valence-corrected chi connectivity index (χ0v) is 16.0. The molecular weight excluding hydrogens is 316 g/mol. The van der Waals surface area contributed by atoms with Crippen LogP contribution in [0, 0.1) is 29.6 Å². The molecule has 2 aliphatic heterocycles. The SMILES string of the molecule is CC1C(OCC2CCCCC2)OC2OC(C)(O)CCC3CCCC1C32. The lowest BCUT2D eigenvalue weighted by Crippen LogP contribution is -2.53. The molecule has 2 saturated heterocycles. The third-order valence-electron chi connectivity index (χ3n) is 7.41. The average molecular weight is 353 g/mol. The molecule has 4 aliphatic rings. The van der Waals surface area contributed by atoms with Gasteiger partial charge in [0.15, 0.2) is 18.4 Å². The van der Waals surface area contributed by atoms with Gasteiger partial charge in [0.1, 0.15) is 0 Å². The highest BCUT2D eigenvalue weighted by Crippen LogP contribution is 2.51. The fraction of sp³-hybridized carbons (Fsp3) is 1.00. The van der Waals surface area contributed by atoms with Crippen LogP contribution in [-0.2, 0) is 14.2 Å². The van der Waals surface area contributed by atoms with Crippen LogP contribution in [0.25, 0.3) is 0 Å². The summed E-state index contributed by atoms with van der Waals surface area (Å²) in [4.78, 5) is 0. The van der Waals surface area contributed by atoms with E-state index in [0.717, 1.165) is 13.0 Å². The van der Waals surface area contributed by atoms with Crippen LogP contribution in [0.15, 0.2) is 0 Å². The van der Waals surface area contributed by atoms with Crippen LogP contribution in [0.1, 0.15) is 78.1 Å². The first-order valence-corrected chi connectivity index (χ1v) is 10.7. The van der Waals surface area contributed by atoms with Crippen LogP contribution in [0.2, 0.25) is 0 Å². The summed E-state index contributed by atoms with van der Waals surface area (Å²) in [6, 6.07) is 0. The molecule has 4 fully saturated rings. The number of hydrogen-bond donors (Lipinski definition) is 1. The Morgan fingerprint density at radius 2 is 1.84 bits per heavy atom. The molecule has 4 heteroatoms. The van der Waals surface area contributed by atoms with Gasteiger partial charge in [-0.1, -0.05) is 32.6 Å². The van der Waals surface area contributed by atoms with E-state index < -0.39 is 5.79 Å². The van der Waals surface area contributed by atoms with E-state index in [4.69, 9.17) is 14.2 Å². The van der Waals surface area contributed by atoms with Crippen LogP contribution >= 0.6 is 0 Å². The third kappa shape index (κ3) is 3.92. The van der Waals surface area contributed by atoms with Gasteiger partial charge in [-0.15, -0.1) is 0 Å². The van der Waals surface area contributed by atoms with Gasteiger partial charge in [0, 0.05) is 18.3 Å². The molecule has 144 valence electrons. The van der Waals surface area contributed by atoms with Crippen molar-refractivity contribution in [3.8, 4) is 0 Å². The molecular formula is C21H36O4. The van der Waals surface area contributed by atoms with Gasteiger partial charge < -0.3 is 19.3 Å². The molecule has 2 saturated carbocycles. The average Bonchev–Trinajstić information content (AvgIpc) is 2.74. The summed E-state index contributed by atoms with van der Waals surface area (Å²) < 4.78 is 18.7. The number of hydrogen-bond acceptors (Lipinski definition) is 4. The van der Waals surface area contributed by atoms with E-state index in [9.17, 15) is 5.11 Å². The first kappa shape index (κ1) is 18.2. The Bertz CT molecular complexity index is 445. The second-order valence-electron chi connectivity index (χ2n) is 9.33. The van der Waals surface area contributed by atoms with Gasteiger partial charge in [-0.25, -0.2) is 0 Å². The standard InChI is InChI=1S/C21H36O4/c1-14-17-10-6-9-16-11-12-21(2,22)25-20(18(16)17)24-19(14)23-13-15-7-4-3-5-8-15/h14-20,22H,3-13H2,1-2H3. The maximum atomic E-state index is 10.6. The highest BCUT2D eigenvalue weighted by Gasteiger charge is 2.52. The number of aliphatic hydroxyl groups is 1. The monoisotopic (exact) mass is 352 g/mol. The molecule has 2 aliphatic carbocycles. The summed E-state index contributed by atoms with van der Waals surface area (Å²) in [6.07, 6.45) is 11.7. The van der Waals surface area contributed by atoms with Crippen molar-refractivity contribution in [2.24, 2.45) is 29.6 Å². The predicted molar refractivity (Wildman–Crippen MR) is 95.6 cm³/mol. The van der Waals surface area contributed by atoms with Gasteiger partial charge in [0.25, 0.3) is 0 Å². The van der Waals surface area contributed by atoms with Gasteiger partial charge in [-0.2, -0.15) is 0 Å². The van der Waals surface area contributed by atoms with E-state index in [2.05, 4.69) is 6.92 Å². The first-order chi connectivity index (χ1) is 12.0. The fourth-order valence-corrected chi connectivity index (χ4v) is 5.92. The van der Waals surface area contributed by atoms with Crippen molar-refractivity contribution < 1.29 is 19.3 Å². The van der Waals surface area contributed by atoms with Crippen LogP contribution < -0.4 is 0 Å². The molecule has 0 aromatic heterocycles. The van der Waals surface area contributed by atoms with Crippen molar-refractivity contribution in [2.75, 3.05) is 6.61 Å². The lowest BCUT2D eigenvalue weighted by molar-refractivity contribution is -0.369. The lowest BCUT2D eigenvalue weighted by atomic mass is 9.65. The van der Waals surface area contributed by atoms with E-state index in [1.165, 1.54) is 51.4 Å². The molecule has 0 spiro atoms. The van der Waals surface area contributed by atoms with Crippen molar-refractivity contribution in [3.63, 3.8) is 0 Å². The Labute approximate surface area is 152 Å². The molecule has 1 N–H and O–H groups in total. The van der Waals surface area contributed by atoms with E-state index >= 15 is 0 Å². The summed E-state index contributed by atoms with van der Waals surface area (Å²) in [5.41, 5.74) is 0. The summed E-state index contributed by atoms with van der Waals surface area (Å²) in [7, 11) is 0. The summed E-state index contributed by atoms with van der Waals surface area (Å²) >= 11 is 0. The summed E-state index contributed by atoms with van der Waals surface area (Å²) in [5, 5.41) is 10.6. The molecule has 25 heavy (non-hydrogen) atoms. The van der Waals surface area contributed by atoms with Gasteiger partial charge in [0.2, 0.25) is 0 Å². The highest BCUT2D eigenvalue weighted by atomic mass is 16.8. The minimum atomic E-state index is -1.07. The molecule has 4 nitrogen and oxygen atoms in total. The maximum absolute atomic E-state index is 10.6. The normalized spacial score (nSPS) is 48.6. The minimum Gasteiger partial charge on any atom is -0.366 e. The molecule has 0 amide bonds. The van der Waals surface area contributed by atoms with Crippen LogP contribution in [0.5, 0.6) is 0 Å².